The molecule has 150 valence electrons. The van der Waals surface area contributed by atoms with Gasteiger partial charge < -0.3 is 19.5 Å². The van der Waals surface area contributed by atoms with Gasteiger partial charge in [-0.05, 0) is 55.7 Å². The Balaban J connectivity index is 1.97. The molecular formula is C23H29NO4. The minimum absolute atomic E-state index is 0.0617. The first-order valence-corrected chi connectivity index (χ1v) is 9.48. The van der Waals surface area contributed by atoms with Gasteiger partial charge in [-0.1, -0.05) is 30.3 Å². The maximum Gasteiger partial charge on any atom is 0.244 e. The van der Waals surface area contributed by atoms with Gasteiger partial charge in [-0.25, -0.2) is 0 Å². The number of amides is 1. The molecule has 2 rings (SSSR count). The first-order valence-electron chi connectivity index (χ1n) is 9.48. The third-order valence-corrected chi connectivity index (χ3v) is 4.01. The van der Waals surface area contributed by atoms with Crippen molar-refractivity contribution in [1.82, 2.24) is 5.32 Å². The molecule has 0 radical (unpaired) electrons. The first kappa shape index (κ1) is 21.5. The molecule has 0 spiro atoms. The molecule has 5 heteroatoms. The van der Waals surface area contributed by atoms with Crippen LogP contribution in [0, 0.1) is 0 Å². The Morgan fingerprint density at radius 2 is 1.86 bits per heavy atom. The highest BCUT2D eigenvalue weighted by atomic mass is 16.5. The zero-order chi connectivity index (χ0) is 20.4. The third kappa shape index (κ3) is 6.74. The molecule has 5 nitrogen and oxygen atoms in total. The zero-order valence-corrected chi connectivity index (χ0v) is 17.0. The fraction of sp³-hybridized carbons (Fsp3) is 0.348. The minimum Gasteiger partial charge on any atom is -0.493 e. The van der Waals surface area contributed by atoms with E-state index in [0.717, 1.165) is 16.7 Å². The van der Waals surface area contributed by atoms with Crippen LogP contribution in [0.3, 0.4) is 0 Å². The molecule has 28 heavy (non-hydrogen) atoms. The predicted octanol–water partition coefficient (Wildman–Crippen LogP) is 4.35. The smallest absolute Gasteiger partial charge is 0.244 e. The van der Waals surface area contributed by atoms with E-state index < -0.39 is 0 Å². The van der Waals surface area contributed by atoms with Crippen molar-refractivity contribution < 1.29 is 19.0 Å². The molecule has 2 aromatic rings. The number of carbonyl (C=O) groups excluding carboxylic acids is 1. The van der Waals surface area contributed by atoms with Gasteiger partial charge in [0, 0.05) is 19.2 Å². The lowest BCUT2D eigenvalue weighted by Crippen LogP contribution is -2.21. The highest BCUT2D eigenvalue weighted by Gasteiger charge is 2.07. The monoisotopic (exact) mass is 383 g/mol. The van der Waals surface area contributed by atoms with Gasteiger partial charge >= 0.3 is 0 Å². The van der Waals surface area contributed by atoms with E-state index in [1.807, 2.05) is 63.2 Å². The highest BCUT2D eigenvalue weighted by molar-refractivity contribution is 5.91. The van der Waals surface area contributed by atoms with E-state index in [-0.39, 0.29) is 12.0 Å². The van der Waals surface area contributed by atoms with Crippen molar-refractivity contribution in [3.05, 3.63) is 65.2 Å². The summed E-state index contributed by atoms with van der Waals surface area (Å²) in [6.45, 7) is 7.55. The molecule has 0 aliphatic carbocycles. The fourth-order valence-corrected chi connectivity index (χ4v) is 2.64. The van der Waals surface area contributed by atoms with Crippen LogP contribution in [0.2, 0.25) is 0 Å². The minimum atomic E-state index is -0.160. The van der Waals surface area contributed by atoms with E-state index in [1.165, 1.54) is 6.08 Å². The summed E-state index contributed by atoms with van der Waals surface area (Å²) in [4.78, 5) is 12.2. The van der Waals surface area contributed by atoms with Gasteiger partial charge in [0.15, 0.2) is 11.5 Å². The Labute approximate surface area is 167 Å². The normalized spacial score (nSPS) is 11.0. The Morgan fingerprint density at radius 3 is 2.54 bits per heavy atom. The molecule has 0 aromatic heterocycles. The molecule has 1 N–H and O–H groups in total. The van der Waals surface area contributed by atoms with Crippen molar-refractivity contribution in [2.75, 3.05) is 13.7 Å². The Bertz CT molecular complexity index is 799. The van der Waals surface area contributed by atoms with E-state index in [4.69, 9.17) is 14.2 Å². The SMILES string of the molecule is CCOCc1ccccc1CNC(=O)/C=C/c1ccc(OC(C)C)c(OC)c1. The lowest BCUT2D eigenvalue weighted by Gasteiger charge is -2.13. The summed E-state index contributed by atoms with van der Waals surface area (Å²) in [6, 6.07) is 13.5. The average molecular weight is 383 g/mol. The van der Waals surface area contributed by atoms with E-state index in [2.05, 4.69) is 5.32 Å². The molecule has 2 aromatic carbocycles. The van der Waals surface area contributed by atoms with Gasteiger partial charge in [-0.15, -0.1) is 0 Å². The first-order chi connectivity index (χ1) is 13.5. The number of rotatable bonds is 10. The quantitative estimate of drug-likeness (QED) is 0.620. The number of hydrogen-bond donors (Lipinski definition) is 1. The summed E-state index contributed by atoms with van der Waals surface area (Å²) in [6.07, 6.45) is 3.33. The van der Waals surface area contributed by atoms with Crippen LogP contribution in [0.1, 0.15) is 37.5 Å². The molecule has 1 amide bonds. The molecule has 0 aliphatic rings. The van der Waals surface area contributed by atoms with E-state index in [1.54, 1.807) is 13.2 Å². The molecule has 0 saturated carbocycles. The summed E-state index contributed by atoms with van der Waals surface area (Å²) in [5.41, 5.74) is 2.99. The van der Waals surface area contributed by atoms with Crippen LogP contribution in [0.5, 0.6) is 11.5 Å². The van der Waals surface area contributed by atoms with Crippen molar-refractivity contribution in [2.24, 2.45) is 0 Å². The summed E-state index contributed by atoms with van der Waals surface area (Å²) >= 11 is 0. The second-order valence-electron chi connectivity index (χ2n) is 6.53. The lowest BCUT2D eigenvalue weighted by atomic mass is 10.1. The number of ether oxygens (including phenoxy) is 3. The van der Waals surface area contributed by atoms with Crippen LogP contribution in [-0.4, -0.2) is 25.7 Å². The second kappa shape index (κ2) is 11.1. The molecule has 0 heterocycles. The van der Waals surface area contributed by atoms with Crippen LogP contribution in [-0.2, 0) is 22.7 Å². The van der Waals surface area contributed by atoms with Crippen LogP contribution in [0.25, 0.3) is 6.08 Å². The summed E-state index contributed by atoms with van der Waals surface area (Å²) < 4.78 is 16.6. The van der Waals surface area contributed by atoms with Gasteiger partial charge in [0.25, 0.3) is 0 Å². The molecule has 0 aliphatic heterocycles. The van der Waals surface area contributed by atoms with E-state index in [0.29, 0.717) is 31.3 Å². The number of carbonyl (C=O) groups is 1. The lowest BCUT2D eigenvalue weighted by molar-refractivity contribution is -0.116. The Hall–Kier alpha value is -2.79. The van der Waals surface area contributed by atoms with Crippen LogP contribution in [0.4, 0.5) is 0 Å². The Morgan fingerprint density at radius 1 is 1.11 bits per heavy atom. The van der Waals surface area contributed by atoms with Crippen molar-refractivity contribution in [3.63, 3.8) is 0 Å². The summed E-state index contributed by atoms with van der Waals surface area (Å²) in [5.74, 6) is 1.17. The zero-order valence-electron chi connectivity index (χ0n) is 17.0. The molecular weight excluding hydrogens is 354 g/mol. The number of benzene rings is 2. The third-order valence-electron chi connectivity index (χ3n) is 4.01. The van der Waals surface area contributed by atoms with E-state index >= 15 is 0 Å². The van der Waals surface area contributed by atoms with Crippen molar-refractivity contribution in [1.29, 1.82) is 0 Å². The number of nitrogens with one attached hydrogen (secondary N) is 1. The standard InChI is InChI=1S/C23H29NO4/c1-5-27-16-20-9-7-6-8-19(20)15-24-23(25)13-11-18-10-12-21(28-17(2)3)22(14-18)26-4/h6-14,17H,5,15-16H2,1-4H3,(H,24,25)/b13-11+. The van der Waals surface area contributed by atoms with Crippen LogP contribution < -0.4 is 14.8 Å². The predicted molar refractivity (Wildman–Crippen MR) is 111 cm³/mol. The van der Waals surface area contributed by atoms with E-state index in [9.17, 15) is 4.79 Å². The van der Waals surface area contributed by atoms with Crippen LogP contribution >= 0.6 is 0 Å². The van der Waals surface area contributed by atoms with Crippen molar-refractivity contribution in [2.45, 2.75) is 40.0 Å². The van der Waals surface area contributed by atoms with Gasteiger partial charge in [0.2, 0.25) is 5.91 Å². The fourth-order valence-electron chi connectivity index (χ4n) is 2.64. The molecule has 0 saturated heterocycles. The molecule has 0 atom stereocenters. The van der Waals surface area contributed by atoms with Crippen LogP contribution in [0.15, 0.2) is 48.5 Å². The highest BCUT2D eigenvalue weighted by Crippen LogP contribution is 2.29. The molecule has 0 unspecified atom stereocenters. The second-order valence-corrected chi connectivity index (χ2v) is 6.53. The van der Waals surface area contributed by atoms with Gasteiger partial charge in [0.1, 0.15) is 0 Å². The number of methoxy groups -OCH3 is 1. The van der Waals surface area contributed by atoms with Crippen molar-refractivity contribution in [3.8, 4) is 11.5 Å². The molecule has 0 bridgehead atoms. The van der Waals surface area contributed by atoms with Crippen molar-refractivity contribution >= 4 is 12.0 Å². The van der Waals surface area contributed by atoms with Gasteiger partial charge in [-0.2, -0.15) is 0 Å². The maximum atomic E-state index is 12.2. The largest absolute Gasteiger partial charge is 0.493 e. The summed E-state index contributed by atoms with van der Waals surface area (Å²) in [7, 11) is 1.60. The number of hydrogen-bond acceptors (Lipinski definition) is 4. The Kier molecular flexibility index (Phi) is 8.56. The van der Waals surface area contributed by atoms with Gasteiger partial charge in [-0.3, -0.25) is 4.79 Å². The maximum absolute atomic E-state index is 12.2. The van der Waals surface area contributed by atoms with Gasteiger partial charge in [0.05, 0.1) is 19.8 Å². The average Bonchev–Trinajstić information content (AvgIpc) is 2.70. The topological polar surface area (TPSA) is 56.8 Å². The molecule has 0 fully saturated rings. The summed E-state index contributed by atoms with van der Waals surface area (Å²) in [5, 5.41) is 2.91.